The van der Waals surface area contributed by atoms with Crippen LogP contribution in [-0.4, -0.2) is 49.8 Å². The Morgan fingerprint density at radius 3 is 2.70 bits per heavy atom. The van der Waals surface area contributed by atoms with Crippen LogP contribution in [0.1, 0.15) is 36.4 Å². The third-order valence-corrected chi connectivity index (χ3v) is 6.38. The van der Waals surface area contributed by atoms with Gasteiger partial charge >= 0.3 is 6.03 Å². The maximum atomic E-state index is 12.5. The van der Waals surface area contributed by atoms with Gasteiger partial charge in [0.1, 0.15) is 0 Å². The van der Waals surface area contributed by atoms with Crippen molar-refractivity contribution in [2.45, 2.75) is 31.3 Å². The Labute approximate surface area is 175 Å². The molecule has 0 saturated carbocycles. The third-order valence-electron chi connectivity index (χ3n) is 6.38. The largest absolute Gasteiger partial charge is 0.393 e. The van der Waals surface area contributed by atoms with Gasteiger partial charge in [0, 0.05) is 43.3 Å². The molecule has 0 spiro atoms. The van der Waals surface area contributed by atoms with Gasteiger partial charge in [0.2, 0.25) is 0 Å². The summed E-state index contributed by atoms with van der Waals surface area (Å²) in [5.74, 6) is 0.353. The molecule has 2 atom stereocenters. The number of hydrogen-bond acceptors (Lipinski definition) is 4. The highest BCUT2D eigenvalue weighted by molar-refractivity contribution is 5.89. The second kappa shape index (κ2) is 7.91. The molecule has 30 heavy (non-hydrogen) atoms. The number of hydrogen-bond donors (Lipinski definition) is 2. The third kappa shape index (κ3) is 3.45. The summed E-state index contributed by atoms with van der Waals surface area (Å²) >= 11 is 0. The number of urea groups is 1. The van der Waals surface area contributed by atoms with E-state index in [2.05, 4.69) is 38.1 Å². The molecule has 2 amide bonds. The number of aliphatic hydroxyl groups is 1. The first kappa shape index (κ1) is 18.8. The zero-order chi connectivity index (χ0) is 20.5. The number of nitrogens with zero attached hydrogens (tertiary/aromatic N) is 4. The van der Waals surface area contributed by atoms with E-state index in [9.17, 15) is 9.90 Å². The van der Waals surface area contributed by atoms with Crippen molar-refractivity contribution < 1.29 is 9.90 Å². The number of nitrogens with one attached hydrogen (secondary N) is 1. The summed E-state index contributed by atoms with van der Waals surface area (Å²) in [6, 6.07) is 11.8. The van der Waals surface area contributed by atoms with Gasteiger partial charge in [0.15, 0.2) is 0 Å². The first-order valence-electron chi connectivity index (χ1n) is 10.5. The van der Waals surface area contributed by atoms with Gasteiger partial charge in [-0.3, -0.25) is 4.98 Å². The number of imidazole rings is 1. The Bertz CT molecular complexity index is 1030. The summed E-state index contributed by atoms with van der Waals surface area (Å²) in [4.78, 5) is 22.6. The Kier molecular flexibility index (Phi) is 4.96. The van der Waals surface area contributed by atoms with Gasteiger partial charge in [-0.1, -0.05) is 18.2 Å². The topological polar surface area (TPSA) is 83.3 Å². The molecule has 2 N–H and O–H groups in total. The molecule has 7 heteroatoms. The summed E-state index contributed by atoms with van der Waals surface area (Å²) in [7, 11) is 0. The maximum Gasteiger partial charge on any atom is 0.321 e. The van der Waals surface area contributed by atoms with Crippen LogP contribution in [0.4, 0.5) is 10.5 Å². The number of anilines is 1. The highest BCUT2D eigenvalue weighted by atomic mass is 16.3. The normalized spacial score (nSPS) is 19.2. The Hall–Kier alpha value is -3.19. The van der Waals surface area contributed by atoms with Gasteiger partial charge in [-0.05, 0) is 48.9 Å². The number of likely N-dealkylation sites (tertiary alicyclic amines) is 1. The van der Waals surface area contributed by atoms with E-state index >= 15 is 0 Å². The molecule has 0 aliphatic carbocycles. The highest BCUT2D eigenvalue weighted by Crippen LogP contribution is 2.41. The van der Waals surface area contributed by atoms with Crippen molar-refractivity contribution in [1.29, 1.82) is 0 Å². The standard InChI is InChI=1S/C23H25N5O2/c29-22(13-19-18-3-1-2-4-20(18)28-15-25-14-21(19)28)16-7-11-27(12-8-16)23(30)26-17-5-9-24-10-6-17/h1-6,9-10,14-16,19,22,29H,7-8,11-13H2,(H,24,26,30). The highest BCUT2D eigenvalue weighted by Gasteiger charge is 2.34. The lowest BCUT2D eigenvalue weighted by Crippen LogP contribution is -2.43. The van der Waals surface area contributed by atoms with Crippen LogP contribution in [0.15, 0.2) is 61.3 Å². The lowest BCUT2D eigenvalue weighted by atomic mass is 9.83. The molecule has 1 aromatic carbocycles. The summed E-state index contributed by atoms with van der Waals surface area (Å²) in [6.45, 7) is 1.30. The Balaban J connectivity index is 1.20. The fraction of sp³-hybridized carbons (Fsp3) is 0.348. The van der Waals surface area contributed by atoms with Gasteiger partial charge in [-0.25, -0.2) is 9.78 Å². The van der Waals surface area contributed by atoms with E-state index in [1.54, 1.807) is 24.5 Å². The lowest BCUT2D eigenvalue weighted by Gasteiger charge is -2.35. The molecule has 4 heterocycles. The average molecular weight is 403 g/mol. The van der Waals surface area contributed by atoms with E-state index in [4.69, 9.17) is 0 Å². The maximum absolute atomic E-state index is 12.5. The Morgan fingerprint density at radius 1 is 1.13 bits per heavy atom. The molecule has 3 aromatic rings. The van der Waals surface area contributed by atoms with E-state index in [0.29, 0.717) is 19.5 Å². The number of amides is 2. The molecule has 7 nitrogen and oxygen atoms in total. The second-order valence-corrected chi connectivity index (χ2v) is 8.09. The lowest BCUT2D eigenvalue weighted by molar-refractivity contribution is 0.0595. The number of benzene rings is 1. The average Bonchev–Trinajstić information content (AvgIpc) is 3.37. The monoisotopic (exact) mass is 403 g/mol. The predicted octanol–water partition coefficient (Wildman–Crippen LogP) is 3.41. The number of para-hydroxylation sites is 1. The quantitative estimate of drug-likeness (QED) is 0.699. The SMILES string of the molecule is O=C(Nc1ccncc1)N1CCC(C(O)CC2c3ccccc3-n3cncc32)CC1. The minimum atomic E-state index is -0.407. The number of pyridine rings is 1. The molecule has 2 unspecified atom stereocenters. The molecule has 2 aliphatic rings. The van der Waals surface area contributed by atoms with Crippen LogP contribution in [0.3, 0.4) is 0 Å². The molecule has 1 fully saturated rings. The zero-order valence-electron chi connectivity index (χ0n) is 16.7. The number of piperidine rings is 1. The van der Waals surface area contributed by atoms with Crippen molar-refractivity contribution in [1.82, 2.24) is 19.4 Å². The van der Waals surface area contributed by atoms with Crippen LogP contribution < -0.4 is 5.32 Å². The zero-order valence-corrected chi connectivity index (χ0v) is 16.7. The molecule has 0 radical (unpaired) electrons. The number of aromatic nitrogens is 3. The van der Waals surface area contributed by atoms with Crippen LogP contribution in [0, 0.1) is 5.92 Å². The molecule has 1 saturated heterocycles. The van der Waals surface area contributed by atoms with Crippen molar-refractivity contribution >= 4 is 11.7 Å². The number of rotatable bonds is 4. The van der Waals surface area contributed by atoms with Crippen molar-refractivity contribution in [2.24, 2.45) is 5.92 Å². The first-order chi connectivity index (χ1) is 14.7. The number of fused-ring (bicyclic) bond motifs is 3. The van der Waals surface area contributed by atoms with E-state index in [-0.39, 0.29) is 17.9 Å². The molecule has 5 rings (SSSR count). The summed E-state index contributed by atoms with van der Waals surface area (Å²) < 4.78 is 2.12. The molecule has 2 aromatic heterocycles. The van der Waals surface area contributed by atoms with Crippen LogP contribution in [-0.2, 0) is 0 Å². The van der Waals surface area contributed by atoms with Crippen molar-refractivity contribution in [3.63, 3.8) is 0 Å². The summed E-state index contributed by atoms with van der Waals surface area (Å²) in [6.07, 6.45) is 8.95. The van der Waals surface area contributed by atoms with Crippen molar-refractivity contribution in [2.75, 3.05) is 18.4 Å². The van der Waals surface area contributed by atoms with Crippen molar-refractivity contribution in [3.05, 3.63) is 72.6 Å². The smallest absolute Gasteiger partial charge is 0.321 e. The van der Waals surface area contributed by atoms with E-state index in [1.165, 1.54) is 5.56 Å². The van der Waals surface area contributed by atoms with Crippen LogP contribution in [0.5, 0.6) is 0 Å². The predicted molar refractivity (Wildman–Crippen MR) is 114 cm³/mol. The molecule has 0 bridgehead atoms. The van der Waals surface area contributed by atoms with Gasteiger partial charge in [0.25, 0.3) is 0 Å². The van der Waals surface area contributed by atoms with Gasteiger partial charge < -0.3 is 19.9 Å². The summed E-state index contributed by atoms with van der Waals surface area (Å²) in [5, 5.41) is 13.9. The fourth-order valence-electron chi connectivity index (χ4n) is 4.73. The van der Waals surface area contributed by atoms with Gasteiger partial charge in [0.05, 0.1) is 23.8 Å². The Morgan fingerprint density at radius 2 is 1.90 bits per heavy atom. The molecule has 2 aliphatic heterocycles. The van der Waals surface area contributed by atoms with E-state index < -0.39 is 6.10 Å². The van der Waals surface area contributed by atoms with Gasteiger partial charge in [-0.15, -0.1) is 0 Å². The minimum Gasteiger partial charge on any atom is -0.393 e. The van der Waals surface area contributed by atoms with Crippen molar-refractivity contribution in [3.8, 4) is 5.69 Å². The minimum absolute atomic E-state index is 0.0947. The number of aliphatic hydroxyl groups excluding tert-OH is 1. The van der Waals surface area contributed by atoms with Crippen LogP contribution >= 0.6 is 0 Å². The van der Waals surface area contributed by atoms with Crippen LogP contribution in [0.25, 0.3) is 5.69 Å². The molecular weight excluding hydrogens is 378 g/mol. The summed E-state index contributed by atoms with van der Waals surface area (Å²) in [5.41, 5.74) is 4.30. The first-order valence-corrected chi connectivity index (χ1v) is 10.5. The molecular formula is C23H25N5O2. The van der Waals surface area contributed by atoms with Crippen LogP contribution in [0.2, 0.25) is 0 Å². The number of carbonyl (C=O) groups excluding carboxylic acids is 1. The second-order valence-electron chi connectivity index (χ2n) is 8.09. The van der Waals surface area contributed by atoms with E-state index in [0.717, 1.165) is 29.9 Å². The number of carbonyl (C=O) groups is 1. The van der Waals surface area contributed by atoms with E-state index in [1.807, 2.05) is 23.5 Å². The van der Waals surface area contributed by atoms with Gasteiger partial charge in [-0.2, -0.15) is 0 Å². The fourth-order valence-corrected chi connectivity index (χ4v) is 4.73. The molecule has 154 valence electrons.